The van der Waals surface area contributed by atoms with E-state index in [1.54, 1.807) is 6.07 Å². The van der Waals surface area contributed by atoms with Gasteiger partial charge in [-0.05, 0) is 39.0 Å². The molecule has 5 nitrogen and oxygen atoms in total. The number of benzene rings is 1. The molecule has 1 aliphatic heterocycles. The topological polar surface area (TPSA) is 52.7 Å². The minimum absolute atomic E-state index is 0.169. The summed E-state index contributed by atoms with van der Waals surface area (Å²) in [6.45, 7) is 10.1. The number of nitrogens with zero attached hydrogens (tertiary/aromatic N) is 2. The van der Waals surface area contributed by atoms with Crippen molar-refractivity contribution in [1.29, 1.82) is 0 Å². The van der Waals surface area contributed by atoms with Gasteiger partial charge < -0.3 is 4.90 Å². The monoisotopic (exact) mass is 393 g/mol. The van der Waals surface area contributed by atoms with Gasteiger partial charge in [0.1, 0.15) is 0 Å². The molecule has 0 amide bonds. The summed E-state index contributed by atoms with van der Waals surface area (Å²) in [7, 11) is -3.43. The maximum Gasteiger partial charge on any atom is 0.241 e. The average molecular weight is 394 g/mol. The van der Waals surface area contributed by atoms with E-state index in [0.717, 1.165) is 35.9 Å². The number of thiophene rings is 1. The molecule has 1 aliphatic rings. The normalized spacial score (nSPS) is 17.4. The number of rotatable bonds is 6. The van der Waals surface area contributed by atoms with Gasteiger partial charge >= 0.3 is 0 Å². The third-order valence-electron chi connectivity index (χ3n) is 4.91. The zero-order valence-corrected chi connectivity index (χ0v) is 17.2. The summed E-state index contributed by atoms with van der Waals surface area (Å²) in [6.07, 6.45) is 0. The van der Waals surface area contributed by atoms with E-state index in [-0.39, 0.29) is 6.04 Å². The van der Waals surface area contributed by atoms with Crippen LogP contribution < -0.4 is 9.62 Å². The summed E-state index contributed by atoms with van der Waals surface area (Å²) in [6, 6.07) is 12.4. The molecule has 26 heavy (non-hydrogen) atoms. The molecule has 142 valence electrons. The third-order valence-corrected chi connectivity index (χ3v) is 7.56. The Kier molecular flexibility index (Phi) is 6.02. The molecule has 1 atom stereocenters. The zero-order valence-electron chi connectivity index (χ0n) is 15.6. The van der Waals surface area contributed by atoms with E-state index in [0.29, 0.717) is 11.4 Å². The predicted molar refractivity (Wildman–Crippen MR) is 109 cm³/mol. The fraction of sp³-hybridized carbons (Fsp3) is 0.474. The second-order valence-corrected chi connectivity index (χ2v) is 10.0. The average Bonchev–Trinajstić information content (AvgIpc) is 3.00. The van der Waals surface area contributed by atoms with E-state index in [2.05, 4.69) is 45.7 Å². The number of anilines is 1. The summed E-state index contributed by atoms with van der Waals surface area (Å²) in [4.78, 5) is 7.02. The first-order valence-corrected chi connectivity index (χ1v) is 11.3. The van der Waals surface area contributed by atoms with E-state index < -0.39 is 10.0 Å². The van der Waals surface area contributed by atoms with Gasteiger partial charge in [0, 0.05) is 54.2 Å². The van der Waals surface area contributed by atoms with Gasteiger partial charge in [0.25, 0.3) is 0 Å². The lowest BCUT2D eigenvalue weighted by molar-refractivity contribution is 0.198. The third kappa shape index (κ3) is 4.46. The summed E-state index contributed by atoms with van der Waals surface area (Å²) in [5.74, 6) is 0. The van der Waals surface area contributed by atoms with Gasteiger partial charge in [0.05, 0.1) is 4.90 Å². The largest absolute Gasteiger partial charge is 0.369 e. The minimum Gasteiger partial charge on any atom is -0.369 e. The summed E-state index contributed by atoms with van der Waals surface area (Å²) < 4.78 is 27.9. The summed E-state index contributed by atoms with van der Waals surface area (Å²) in [5.41, 5.74) is 1.25. The first-order valence-electron chi connectivity index (χ1n) is 8.97. The van der Waals surface area contributed by atoms with Crippen molar-refractivity contribution in [3.8, 4) is 0 Å². The smallest absolute Gasteiger partial charge is 0.241 e. The Balaban J connectivity index is 1.53. The molecule has 3 rings (SSSR count). The molecule has 2 heterocycles. The van der Waals surface area contributed by atoms with E-state index in [1.165, 1.54) is 17.0 Å². The first-order chi connectivity index (χ1) is 12.4. The first kappa shape index (κ1) is 19.4. The lowest BCUT2D eigenvalue weighted by Gasteiger charge is -2.39. The fourth-order valence-corrected chi connectivity index (χ4v) is 6.05. The van der Waals surface area contributed by atoms with Crippen LogP contribution in [0.3, 0.4) is 0 Å². The molecule has 1 aromatic carbocycles. The highest BCUT2D eigenvalue weighted by Gasteiger charge is 2.24. The number of nitrogens with one attached hydrogen (secondary N) is 1. The number of hydrogen-bond donors (Lipinski definition) is 1. The van der Waals surface area contributed by atoms with E-state index in [1.807, 2.05) is 19.9 Å². The number of para-hydroxylation sites is 1. The highest BCUT2D eigenvalue weighted by atomic mass is 32.2. The van der Waals surface area contributed by atoms with Gasteiger partial charge in [-0.3, -0.25) is 4.90 Å². The molecule has 1 unspecified atom stereocenters. The maximum absolute atomic E-state index is 12.6. The van der Waals surface area contributed by atoms with Crippen molar-refractivity contribution in [1.82, 2.24) is 9.62 Å². The van der Waals surface area contributed by atoms with Crippen molar-refractivity contribution in [2.75, 3.05) is 37.6 Å². The quantitative estimate of drug-likeness (QED) is 0.820. The lowest BCUT2D eigenvalue weighted by Crippen LogP contribution is -2.52. The van der Waals surface area contributed by atoms with Crippen molar-refractivity contribution < 1.29 is 8.42 Å². The van der Waals surface area contributed by atoms with Crippen molar-refractivity contribution in [3.05, 3.63) is 46.2 Å². The predicted octanol–water partition coefficient (Wildman–Crippen LogP) is 2.85. The molecule has 0 bridgehead atoms. The number of piperazine rings is 1. The summed E-state index contributed by atoms with van der Waals surface area (Å²) in [5, 5.41) is 0. The Morgan fingerprint density at radius 2 is 1.77 bits per heavy atom. The van der Waals surface area contributed by atoms with E-state index in [9.17, 15) is 8.42 Å². The lowest BCUT2D eigenvalue weighted by atomic mass is 10.2. The Morgan fingerprint density at radius 3 is 2.35 bits per heavy atom. The molecule has 1 N–H and O–H groups in total. The standard InChI is InChI=1S/C19H27N3O2S2/c1-15(14-20-26(23,24)19-13-16(2)25-17(19)3)21-9-11-22(12-10-21)18-7-5-4-6-8-18/h4-8,13,15,20H,9-12,14H2,1-3H3. The van der Waals surface area contributed by atoms with Crippen LogP contribution in [0.2, 0.25) is 0 Å². The second-order valence-electron chi connectivity index (χ2n) is 6.84. The van der Waals surface area contributed by atoms with Gasteiger partial charge in [-0.2, -0.15) is 0 Å². The van der Waals surface area contributed by atoms with Crippen LogP contribution in [-0.2, 0) is 10.0 Å². The van der Waals surface area contributed by atoms with Crippen LogP contribution in [0.4, 0.5) is 5.69 Å². The zero-order chi connectivity index (χ0) is 18.7. The molecule has 2 aromatic rings. The van der Waals surface area contributed by atoms with Crippen LogP contribution in [0.5, 0.6) is 0 Å². The SMILES string of the molecule is Cc1cc(S(=O)(=O)NCC(C)N2CCN(c3ccccc3)CC2)c(C)s1. The van der Waals surface area contributed by atoms with Crippen molar-refractivity contribution >= 4 is 27.0 Å². The molecule has 7 heteroatoms. The van der Waals surface area contributed by atoms with Crippen LogP contribution >= 0.6 is 11.3 Å². The molecular formula is C19H27N3O2S2. The van der Waals surface area contributed by atoms with Gasteiger partial charge in [-0.25, -0.2) is 13.1 Å². The van der Waals surface area contributed by atoms with Crippen LogP contribution in [0.15, 0.2) is 41.3 Å². The second kappa shape index (κ2) is 8.08. The van der Waals surface area contributed by atoms with Crippen LogP contribution in [0.25, 0.3) is 0 Å². The molecule has 0 spiro atoms. The fourth-order valence-electron chi connectivity index (χ4n) is 3.37. The Hall–Kier alpha value is -1.41. The van der Waals surface area contributed by atoms with Gasteiger partial charge in [-0.1, -0.05) is 18.2 Å². The van der Waals surface area contributed by atoms with Gasteiger partial charge in [0.15, 0.2) is 0 Å². The number of aryl methyl sites for hydroxylation is 2. The molecule has 1 aromatic heterocycles. The van der Waals surface area contributed by atoms with Crippen LogP contribution in [0, 0.1) is 13.8 Å². The number of hydrogen-bond acceptors (Lipinski definition) is 5. The van der Waals surface area contributed by atoms with Crippen LogP contribution in [-0.4, -0.2) is 52.1 Å². The maximum atomic E-state index is 12.6. The Labute approximate surface area is 160 Å². The minimum atomic E-state index is -3.43. The summed E-state index contributed by atoms with van der Waals surface area (Å²) >= 11 is 1.52. The molecule has 0 saturated carbocycles. The molecule has 0 radical (unpaired) electrons. The van der Waals surface area contributed by atoms with Crippen LogP contribution in [0.1, 0.15) is 16.7 Å². The van der Waals surface area contributed by atoms with E-state index in [4.69, 9.17) is 0 Å². The molecular weight excluding hydrogens is 366 g/mol. The molecule has 0 aliphatic carbocycles. The van der Waals surface area contributed by atoms with Crippen molar-refractivity contribution in [2.45, 2.75) is 31.7 Å². The van der Waals surface area contributed by atoms with Crippen molar-refractivity contribution in [2.24, 2.45) is 0 Å². The van der Waals surface area contributed by atoms with Crippen molar-refractivity contribution in [3.63, 3.8) is 0 Å². The highest BCUT2D eigenvalue weighted by Crippen LogP contribution is 2.24. The Morgan fingerprint density at radius 1 is 1.12 bits per heavy atom. The molecule has 1 fully saturated rings. The van der Waals surface area contributed by atoms with E-state index >= 15 is 0 Å². The highest BCUT2D eigenvalue weighted by molar-refractivity contribution is 7.89. The molecule has 1 saturated heterocycles. The Bertz CT molecular complexity index is 826. The number of sulfonamides is 1. The van der Waals surface area contributed by atoms with Gasteiger partial charge in [0.2, 0.25) is 10.0 Å². The van der Waals surface area contributed by atoms with Gasteiger partial charge in [-0.15, -0.1) is 11.3 Å².